The molecular formula is C31H43N3O4. The van der Waals surface area contributed by atoms with Crippen molar-refractivity contribution in [3.63, 3.8) is 0 Å². The molecule has 0 radical (unpaired) electrons. The molecule has 0 spiro atoms. The summed E-state index contributed by atoms with van der Waals surface area (Å²) in [6.07, 6.45) is 2.24. The van der Waals surface area contributed by atoms with Crippen molar-refractivity contribution >= 4 is 17.9 Å². The van der Waals surface area contributed by atoms with Crippen LogP contribution in [-0.2, 0) is 20.7 Å². The monoisotopic (exact) mass is 521 g/mol. The van der Waals surface area contributed by atoms with Gasteiger partial charge in [0.1, 0.15) is 17.7 Å². The fourth-order valence-electron chi connectivity index (χ4n) is 4.60. The molecule has 38 heavy (non-hydrogen) atoms. The predicted octanol–water partition coefficient (Wildman–Crippen LogP) is 5.39. The molecule has 2 aromatic carbocycles. The number of nitrogens with one attached hydrogen (secondary N) is 2. The third kappa shape index (κ3) is 7.83. The lowest BCUT2D eigenvalue weighted by Crippen LogP contribution is -2.58. The van der Waals surface area contributed by atoms with Crippen molar-refractivity contribution < 1.29 is 19.1 Å². The van der Waals surface area contributed by atoms with Gasteiger partial charge in [0, 0.05) is 18.5 Å². The molecule has 206 valence electrons. The molecule has 1 aliphatic carbocycles. The number of carbonyl (C=O) groups excluding carboxylic acids is 3. The van der Waals surface area contributed by atoms with Gasteiger partial charge in [-0.05, 0) is 90.0 Å². The summed E-state index contributed by atoms with van der Waals surface area (Å²) in [5.41, 5.74) is 3.13. The Morgan fingerprint density at radius 1 is 0.974 bits per heavy atom. The van der Waals surface area contributed by atoms with Gasteiger partial charge in [0.05, 0.1) is 0 Å². The van der Waals surface area contributed by atoms with Crippen molar-refractivity contribution in [3.8, 4) is 0 Å². The first-order chi connectivity index (χ1) is 17.9. The highest BCUT2D eigenvalue weighted by atomic mass is 16.6. The van der Waals surface area contributed by atoms with Crippen LogP contribution in [0.4, 0.5) is 4.79 Å². The Kier molecular flexibility index (Phi) is 9.58. The maximum atomic E-state index is 14.4. The molecule has 0 saturated heterocycles. The van der Waals surface area contributed by atoms with Crippen LogP contribution in [0.25, 0.3) is 0 Å². The van der Waals surface area contributed by atoms with E-state index in [-0.39, 0.29) is 30.3 Å². The van der Waals surface area contributed by atoms with E-state index >= 15 is 0 Å². The van der Waals surface area contributed by atoms with Gasteiger partial charge in [-0.3, -0.25) is 9.59 Å². The minimum Gasteiger partial charge on any atom is -0.444 e. The fraction of sp³-hybridized carbons (Fsp3) is 0.516. The molecule has 2 unspecified atom stereocenters. The summed E-state index contributed by atoms with van der Waals surface area (Å²) in [7, 11) is 0. The summed E-state index contributed by atoms with van der Waals surface area (Å²) in [6.45, 7) is 13.2. The minimum atomic E-state index is -0.895. The van der Waals surface area contributed by atoms with Crippen molar-refractivity contribution in [2.24, 2.45) is 0 Å². The van der Waals surface area contributed by atoms with Gasteiger partial charge in [-0.25, -0.2) is 4.79 Å². The molecular weight excluding hydrogens is 478 g/mol. The number of rotatable bonds is 9. The highest BCUT2D eigenvalue weighted by Crippen LogP contribution is 2.34. The molecule has 2 aromatic rings. The van der Waals surface area contributed by atoms with Crippen LogP contribution in [0.3, 0.4) is 0 Å². The molecule has 7 heteroatoms. The SMILES string of the molecule is Cc1ccc(C(C(=O)NC(C)C)N(C(=O)C(Cc2ccccc2)NC(=O)OC(C)(C)C)C2CCC2)cc1C. The molecule has 1 saturated carbocycles. The van der Waals surface area contributed by atoms with Crippen LogP contribution in [0.15, 0.2) is 48.5 Å². The lowest BCUT2D eigenvalue weighted by molar-refractivity contribution is -0.147. The Morgan fingerprint density at radius 3 is 2.16 bits per heavy atom. The first-order valence-corrected chi connectivity index (χ1v) is 13.6. The number of amides is 3. The average molecular weight is 522 g/mol. The van der Waals surface area contributed by atoms with Crippen LogP contribution >= 0.6 is 0 Å². The predicted molar refractivity (Wildman–Crippen MR) is 150 cm³/mol. The van der Waals surface area contributed by atoms with Crippen LogP contribution in [0.1, 0.15) is 82.2 Å². The molecule has 0 aliphatic heterocycles. The van der Waals surface area contributed by atoms with E-state index in [1.165, 1.54) is 0 Å². The summed E-state index contributed by atoms with van der Waals surface area (Å²) >= 11 is 0. The summed E-state index contributed by atoms with van der Waals surface area (Å²) in [4.78, 5) is 42.7. The normalized spacial score (nSPS) is 15.3. The lowest BCUT2D eigenvalue weighted by Gasteiger charge is -2.44. The van der Waals surface area contributed by atoms with Crippen molar-refractivity contribution in [1.29, 1.82) is 0 Å². The third-order valence-corrected chi connectivity index (χ3v) is 6.80. The fourth-order valence-corrected chi connectivity index (χ4v) is 4.60. The molecule has 3 amide bonds. The van der Waals surface area contributed by atoms with Crippen LogP contribution < -0.4 is 10.6 Å². The van der Waals surface area contributed by atoms with Crippen LogP contribution in [-0.4, -0.2) is 46.5 Å². The van der Waals surface area contributed by atoms with Crippen molar-refractivity contribution in [2.45, 2.75) is 104 Å². The Hall–Kier alpha value is -3.35. The summed E-state index contributed by atoms with van der Waals surface area (Å²) in [6, 6.07) is 13.6. The third-order valence-electron chi connectivity index (χ3n) is 6.80. The second-order valence-electron chi connectivity index (χ2n) is 11.6. The van der Waals surface area contributed by atoms with Crippen LogP contribution in [0.2, 0.25) is 0 Å². The first kappa shape index (κ1) is 29.2. The van der Waals surface area contributed by atoms with Gasteiger partial charge < -0.3 is 20.3 Å². The van der Waals surface area contributed by atoms with E-state index in [1.54, 1.807) is 25.7 Å². The van der Waals surface area contributed by atoms with Gasteiger partial charge in [0.2, 0.25) is 11.8 Å². The Morgan fingerprint density at radius 2 is 1.63 bits per heavy atom. The first-order valence-electron chi connectivity index (χ1n) is 13.6. The van der Waals surface area contributed by atoms with Gasteiger partial charge >= 0.3 is 6.09 Å². The van der Waals surface area contributed by atoms with Gasteiger partial charge in [-0.1, -0.05) is 48.5 Å². The zero-order valence-corrected chi connectivity index (χ0v) is 23.8. The van der Waals surface area contributed by atoms with Gasteiger partial charge in [-0.2, -0.15) is 0 Å². The highest BCUT2D eigenvalue weighted by molar-refractivity contribution is 5.92. The number of carbonyl (C=O) groups is 3. The molecule has 0 bridgehead atoms. The van der Waals surface area contributed by atoms with Crippen LogP contribution in [0, 0.1) is 13.8 Å². The Bertz CT molecular complexity index is 1120. The second-order valence-corrected chi connectivity index (χ2v) is 11.6. The number of nitrogens with zero attached hydrogens (tertiary/aromatic N) is 1. The average Bonchev–Trinajstić information content (AvgIpc) is 2.78. The van der Waals surface area contributed by atoms with Crippen LogP contribution in [0.5, 0.6) is 0 Å². The quantitative estimate of drug-likeness (QED) is 0.463. The van der Waals surface area contributed by atoms with E-state index < -0.39 is 23.8 Å². The van der Waals surface area contributed by atoms with E-state index in [4.69, 9.17) is 4.74 Å². The zero-order chi connectivity index (χ0) is 28.0. The Labute approximate surface area is 227 Å². The van der Waals surface area contributed by atoms with Gasteiger partial charge in [-0.15, -0.1) is 0 Å². The molecule has 2 N–H and O–H groups in total. The number of hydrogen-bond acceptors (Lipinski definition) is 4. The van der Waals surface area contributed by atoms with E-state index in [1.807, 2.05) is 76.2 Å². The maximum absolute atomic E-state index is 14.4. The smallest absolute Gasteiger partial charge is 0.408 e. The Balaban J connectivity index is 2.05. The van der Waals surface area contributed by atoms with E-state index in [0.717, 1.165) is 41.5 Å². The van der Waals surface area contributed by atoms with Gasteiger partial charge in [0.25, 0.3) is 0 Å². The summed E-state index contributed by atoms with van der Waals surface area (Å²) < 4.78 is 5.51. The molecule has 3 rings (SSSR count). The largest absolute Gasteiger partial charge is 0.444 e. The molecule has 7 nitrogen and oxygen atoms in total. The van der Waals surface area contributed by atoms with E-state index in [9.17, 15) is 14.4 Å². The van der Waals surface area contributed by atoms with Crippen molar-refractivity contribution in [1.82, 2.24) is 15.5 Å². The molecule has 0 aromatic heterocycles. The molecule has 2 atom stereocenters. The van der Waals surface area contributed by atoms with E-state index in [0.29, 0.717) is 0 Å². The second kappa shape index (κ2) is 12.5. The topological polar surface area (TPSA) is 87.7 Å². The number of hydrogen-bond donors (Lipinski definition) is 2. The van der Waals surface area contributed by atoms with E-state index in [2.05, 4.69) is 10.6 Å². The number of ether oxygens (including phenoxy) is 1. The summed E-state index contributed by atoms with van der Waals surface area (Å²) in [5.74, 6) is -0.509. The zero-order valence-electron chi connectivity index (χ0n) is 23.8. The molecule has 1 fully saturated rings. The van der Waals surface area contributed by atoms with Gasteiger partial charge in [0.15, 0.2) is 0 Å². The molecule has 1 aliphatic rings. The summed E-state index contributed by atoms with van der Waals surface area (Å²) in [5, 5.41) is 5.86. The standard InChI is InChI=1S/C31H43N3O4/c1-20(2)32-28(35)27(24-17-16-21(3)22(4)18-24)34(25-14-11-15-25)29(36)26(19-23-12-9-8-10-13-23)33-30(37)38-31(5,6)7/h8-10,12-13,16-18,20,25-27H,11,14-15,19H2,1-7H3,(H,32,35)(H,33,37). The molecule has 0 heterocycles. The number of benzene rings is 2. The minimum absolute atomic E-state index is 0.0881. The number of aryl methyl sites for hydroxylation is 2. The lowest BCUT2D eigenvalue weighted by atomic mass is 9.87. The van der Waals surface area contributed by atoms with Crippen molar-refractivity contribution in [2.75, 3.05) is 0 Å². The van der Waals surface area contributed by atoms with Crippen molar-refractivity contribution in [3.05, 3.63) is 70.8 Å². The highest BCUT2D eigenvalue weighted by Gasteiger charge is 2.42. The number of alkyl carbamates (subject to hydrolysis) is 1. The maximum Gasteiger partial charge on any atom is 0.408 e.